The van der Waals surface area contributed by atoms with Crippen molar-refractivity contribution in [2.24, 2.45) is 0 Å². The first-order valence-electron chi connectivity index (χ1n) is 19.4. The molecule has 0 aromatic rings. The lowest BCUT2D eigenvalue weighted by molar-refractivity contribution is -0.161. The summed E-state index contributed by atoms with van der Waals surface area (Å²) in [5.41, 5.74) is 0. The SMILES string of the molecule is CCCCCCCCCCCCCCCC(=O)OC[C@H](COP(=O)(O)O)OC(=O)CCC/C=C\C/C=C\C/C=C\CC1OC1CCCCC. The van der Waals surface area contributed by atoms with Crippen molar-refractivity contribution in [1.29, 1.82) is 0 Å². The molecule has 2 unspecified atom stereocenters. The van der Waals surface area contributed by atoms with Crippen molar-refractivity contribution in [2.75, 3.05) is 13.2 Å². The molecule has 49 heavy (non-hydrogen) atoms. The molecule has 1 fully saturated rings. The Morgan fingerprint density at radius 3 is 1.80 bits per heavy atom. The van der Waals surface area contributed by atoms with Gasteiger partial charge in [0.15, 0.2) is 6.10 Å². The molecule has 0 aromatic carbocycles. The molecule has 0 aliphatic carbocycles. The van der Waals surface area contributed by atoms with Crippen LogP contribution in [0.4, 0.5) is 0 Å². The minimum absolute atomic E-state index is 0.133. The van der Waals surface area contributed by atoms with E-state index in [0.29, 0.717) is 25.0 Å². The summed E-state index contributed by atoms with van der Waals surface area (Å²) in [7, 11) is -4.77. The number of unbranched alkanes of at least 4 members (excludes halogenated alkanes) is 15. The third kappa shape index (κ3) is 30.8. The number of hydrogen-bond donors (Lipinski definition) is 2. The number of hydrogen-bond acceptors (Lipinski definition) is 7. The molecule has 284 valence electrons. The van der Waals surface area contributed by atoms with Crippen LogP contribution in [0.1, 0.15) is 168 Å². The van der Waals surface area contributed by atoms with Crippen molar-refractivity contribution in [3.63, 3.8) is 0 Å². The van der Waals surface area contributed by atoms with Gasteiger partial charge < -0.3 is 24.0 Å². The zero-order valence-electron chi connectivity index (χ0n) is 30.8. The van der Waals surface area contributed by atoms with Crippen LogP contribution in [0.15, 0.2) is 36.5 Å². The zero-order valence-corrected chi connectivity index (χ0v) is 31.7. The first kappa shape index (κ1) is 45.3. The van der Waals surface area contributed by atoms with Crippen molar-refractivity contribution < 1.29 is 42.7 Å². The van der Waals surface area contributed by atoms with Gasteiger partial charge in [-0.3, -0.25) is 14.1 Å². The van der Waals surface area contributed by atoms with Crippen LogP contribution in [0.25, 0.3) is 0 Å². The molecule has 1 aliphatic heterocycles. The van der Waals surface area contributed by atoms with Crippen molar-refractivity contribution in [2.45, 2.75) is 186 Å². The maximum absolute atomic E-state index is 12.4. The molecule has 0 bridgehead atoms. The van der Waals surface area contributed by atoms with Gasteiger partial charge in [-0.15, -0.1) is 0 Å². The summed E-state index contributed by atoms with van der Waals surface area (Å²) in [5.74, 6) is -0.953. The number of phosphoric ester groups is 1. The van der Waals surface area contributed by atoms with Crippen molar-refractivity contribution in [1.82, 2.24) is 0 Å². The van der Waals surface area contributed by atoms with Crippen LogP contribution in [0, 0.1) is 0 Å². The Kier molecular flexibility index (Phi) is 28.6. The zero-order chi connectivity index (χ0) is 35.8. The second-order valence-corrected chi connectivity index (χ2v) is 14.5. The smallest absolute Gasteiger partial charge is 0.462 e. The second-order valence-electron chi connectivity index (χ2n) is 13.3. The van der Waals surface area contributed by atoms with Crippen molar-refractivity contribution in [3.8, 4) is 0 Å². The number of allylic oxidation sites excluding steroid dienone is 5. The summed E-state index contributed by atoms with van der Waals surface area (Å²) in [6.07, 6.45) is 37.6. The van der Waals surface area contributed by atoms with Gasteiger partial charge in [0.05, 0.1) is 18.8 Å². The lowest BCUT2D eigenvalue weighted by Crippen LogP contribution is -2.29. The molecule has 1 saturated heterocycles. The van der Waals surface area contributed by atoms with Gasteiger partial charge in [0, 0.05) is 12.8 Å². The van der Waals surface area contributed by atoms with E-state index in [-0.39, 0.29) is 19.4 Å². The van der Waals surface area contributed by atoms with Gasteiger partial charge in [0.2, 0.25) is 0 Å². The monoisotopic (exact) mass is 712 g/mol. The van der Waals surface area contributed by atoms with Gasteiger partial charge in [0.1, 0.15) is 6.61 Å². The van der Waals surface area contributed by atoms with E-state index in [2.05, 4.69) is 48.8 Å². The van der Waals surface area contributed by atoms with Crippen LogP contribution in [0.3, 0.4) is 0 Å². The van der Waals surface area contributed by atoms with E-state index in [4.69, 9.17) is 24.0 Å². The Morgan fingerprint density at radius 2 is 1.18 bits per heavy atom. The van der Waals surface area contributed by atoms with Crippen LogP contribution < -0.4 is 0 Å². The summed E-state index contributed by atoms with van der Waals surface area (Å²) >= 11 is 0. The van der Waals surface area contributed by atoms with E-state index in [1.165, 1.54) is 89.9 Å². The molecule has 10 heteroatoms. The summed E-state index contributed by atoms with van der Waals surface area (Å²) in [5, 5.41) is 0. The van der Waals surface area contributed by atoms with Crippen LogP contribution in [0.5, 0.6) is 0 Å². The maximum atomic E-state index is 12.4. The number of esters is 2. The van der Waals surface area contributed by atoms with Crippen LogP contribution in [0.2, 0.25) is 0 Å². The molecule has 0 spiro atoms. The summed E-state index contributed by atoms with van der Waals surface area (Å²) in [6.45, 7) is 3.59. The van der Waals surface area contributed by atoms with Gasteiger partial charge in [-0.1, -0.05) is 147 Å². The Bertz CT molecular complexity index is 958. The molecule has 0 radical (unpaired) electrons. The molecule has 1 rings (SSSR count). The molecule has 1 heterocycles. The van der Waals surface area contributed by atoms with Crippen molar-refractivity contribution in [3.05, 3.63) is 36.5 Å². The third-order valence-electron chi connectivity index (χ3n) is 8.59. The van der Waals surface area contributed by atoms with Gasteiger partial charge in [-0.25, -0.2) is 4.57 Å². The minimum atomic E-state index is -4.77. The van der Waals surface area contributed by atoms with E-state index in [1.807, 2.05) is 6.08 Å². The minimum Gasteiger partial charge on any atom is -0.462 e. The number of epoxide rings is 1. The normalized spacial score (nSPS) is 17.0. The number of rotatable bonds is 34. The highest BCUT2D eigenvalue weighted by atomic mass is 31.2. The number of ether oxygens (including phenoxy) is 3. The Morgan fingerprint density at radius 1 is 0.653 bits per heavy atom. The number of carbonyl (C=O) groups excluding carboxylic acids is 2. The second kappa shape index (κ2) is 31.0. The van der Waals surface area contributed by atoms with Crippen LogP contribution in [-0.2, 0) is 32.9 Å². The van der Waals surface area contributed by atoms with E-state index in [9.17, 15) is 14.2 Å². The van der Waals surface area contributed by atoms with Gasteiger partial charge in [0.25, 0.3) is 0 Å². The summed E-state index contributed by atoms with van der Waals surface area (Å²) < 4.78 is 32.0. The fourth-order valence-corrected chi connectivity index (χ4v) is 5.94. The van der Waals surface area contributed by atoms with Gasteiger partial charge in [-0.05, 0) is 44.9 Å². The predicted molar refractivity (Wildman–Crippen MR) is 197 cm³/mol. The largest absolute Gasteiger partial charge is 0.469 e. The number of carbonyl (C=O) groups is 2. The predicted octanol–water partition coefficient (Wildman–Crippen LogP) is 10.4. The quantitative estimate of drug-likeness (QED) is 0.0220. The average Bonchev–Trinajstić information content (AvgIpc) is 3.82. The van der Waals surface area contributed by atoms with E-state index in [0.717, 1.165) is 38.5 Å². The topological polar surface area (TPSA) is 132 Å². The first-order chi connectivity index (χ1) is 23.7. The fraction of sp³-hybridized carbons (Fsp3) is 0.795. The molecule has 9 nitrogen and oxygen atoms in total. The highest BCUT2D eigenvalue weighted by Crippen LogP contribution is 2.36. The first-order valence-corrected chi connectivity index (χ1v) is 20.9. The molecule has 0 aromatic heterocycles. The summed E-state index contributed by atoms with van der Waals surface area (Å²) in [4.78, 5) is 42.7. The summed E-state index contributed by atoms with van der Waals surface area (Å²) in [6, 6.07) is 0. The molecule has 0 amide bonds. The molecule has 3 atom stereocenters. The van der Waals surface area contributed by atoms with Crippen LogP contribution in [-0.4, -0.2) is 53.3 Å². The molecular formula is C39H69O9P. The van der Waals surface area contributed by atoms with Crippen LogP contribution >= 0.6 is 7.82 Å². The molecule has 0 saturated carbocycles. The standard InChI is InChI=1S/C39H69O9P/c1-3-5-7-8-9-10-11-12-13-17-20-23-27-31-38(40)45-33-35(34-46-49(42,43)44)47-39(41)32-28-24-21-18-15-14-16-19-22-26-30-37-36(48-37)29-25-6-4-2/h14,16,18,21-22,26,35-37H,3-13,15,17,19-20,23-25,27-34H2,1-2H3,(H2,42,43,44)/b16-14-,21-18-,26-22-/t35-,36?,37?/m1/s1. The number of phosphoric acid groups is 1. The lowest BCUT2D eigenvalue weighted by Gasteiger charge is -2.18. The van der Waals surface area contributed by atoms with E-state index < -0.39 is 32.5 Å². The molecule has 1 aliphatic rings. The molecule has 2 N–H and O–H groups in total. The maximum Gasteiger partial charge on any atom is 0.469 e. The lowest BCUT2D eigenvalue weighted by atomic mass is 10.0. The Labute approximate surface area is 297 Å². The van der Waals surface area contributed by atoms with E-state index in [1.54, 1.807) is 0 Å². The Hall–Kier alpha value is -1.77. The fourth-order valence-electron chi connectivity index (χ4n) is 5.58. The van der Waals surface area contributed by atoms with Gasteiger partial charge in [-0.2, -0.15) is 0 Å². The Balaban J connectivity index is 2.12. The van der Waals surface area contributed by atoms with Crippen molar-refractivity contribution >= 4 is 19.8 Å². The highest BCUT2D eigenvalue weighted by molar-refractivity contribution is 7.46. The average molecular weight is 713 g/mol. The molecular weight excluding hydrogens is 643 g/mol. The highest BCUT2D eigenvalue weighted by Gasteiger charge is 2.36. The third-order valence-corrected chi connectivity index (χ3v) is 9.07. The van der Waals surface area contributed by atoms with Gasteiger partial charge >= 0.3 is 19.8 Å². The van der Waals surface area contributed by atoms with E-state index >= 15 is 0 Å².